The fraction of sp³-hybridized carbons (Fsp3) is 0.694. The highest BCUT2D eigenvalue weighted by Crippen LogP contribution is 2.64. The van der Waals surface area contributed by atoms with Crippen molar-refractivity contribution in [3.63, 3.8) is 0 Å². The van der Waals surface area contributed by atoms with E-state index in [0.29, 0.717) is 24.0 Å². The number of fused-ring (bicyclic) bond motifs is 3. The molecule has 7 nitrogen and oxygen atoms in total. The molecule has 0 aliphatic heterocycles. The first kappa shape index (κ1) is 31.7. The number of aryl methyl sites for hydroxylation is 1. The van der Waals surface area contributed by atoms with Crippen LogP contribution in [0.1, 0.15) is 127 Å². The molecule has 0 aromatic heterocycles. The summed E-state index contributed by atoms with van der Waals surface area (Å²) in [6, 6.07) is 2.03. The van der Waals surface area contributed by atoms with Gasteiger partial charge in [-0.25, -0.2) is 0 Å². The summed E-state index contributed by atoms with van der Waals surface area (Å²) in [5.74, 6) is -8.38. The molecule has 43 heavy (non-hydrogen) atoms. The fourth-order valence-electron chi connectivity index (χ4n) is 9.91. The van der Waals surface area contributed by atoms with E-state index in [2.05, 4.69) is 20.8 Å². The van der Waals surface area contributed by atoms with Crippen LogP contribution in [-0.4, -0.2) is 44.7 Å². The molecule has 5 rings (SSSR count). The number of carbonyl (C=O) groups is 5. The van der Waals surface area contributed by atoms with Gasteiger partial charge < -0.3 is 10.2 Å². The Balaban J connectivity index is 1.67. The second kappa shape index (κ2) is 10.2. The molecule has 0 amide bonds. The number of aliphatic hydroxyl groups is 1. The Kier molecular flexibility index (Phi) is 7.52. The number of phenolic OH excluding ortho intramolecular Hbond substituents is 1. The van der Waals surface area contributed by atoms with Gasteiger partial charge in [0.05, 0.1) is 11.5 Å². The standard InChI is InChI=1S/C36H48O7/c1-18(2)22-15-21(11-14-33(6)12-9-10-13-33)28(38)25-23(22)16-34(7)17-35(8)26(19(3)4)29(39)24(20(5)37)31(41)36(35,43)32(42)27(34)30(25)40/h15,18-19,24,26-27,38,43H,9-14,16-17H2,1-8H3/t24?,26?,27?,34-,35-,36+/m1/s1. The van der Waals surface area contributed by atoms with E-state index in [1.807, 2.05) is 13.0 Å². The summed E-state index contributed by atoms with van der Waals surface area (Å²) in [6.07, 6.45) is 6.51. The lowest BCUT2D eigenvalue weighted by Gasteiger charge is -2.62. The minimum absolute atomic E-state index is 0.0486. The van der Waals surface area contributed by atoms with Gasteiger partial charge in [0.25, 0.3) is 0 Å². The van der Waals surface area contributed by atoms with Crippen molar-refractivity contribution in [2.24, 2.45) is 39.9 Å². The van der Waals surface area contributed by atoms with E-state index in [1.165, 1.54) is 12.8 Å². The zero-order chi connectivity index (χ0) is 32.0. The van der Waals surface area contributed by atoms with Crippen LogP contribution < -0.4 is 0 Å². The van der Waals surface area contributed by atoms with Crippen LogP contribution in [0.25, 0.3) is 0 Å². The molecule has 234 valence electrons. The zero-order valence-corrected chi connectivity index (χ0v) is 27.1. The number of ketones is 5. The summed E-state index contributed by atoms with van der Waals surface area (Å²) < 4.78 is 0. The maximum absolute atomic E-state index is 14.6. The second-order valence-electron chi connectivity index (χ2n) is 15.8. The van der Waals surface area contributed by atoms with Crippen molar-refractivity contribution in [1.29, 1.82) is 0 Å². The predicted molar refractivity (Wildman–Crippen MR) is 162 cm³/mol. The lowest BCUT2D eigenvalue weighted by Crippen LogP contribution is -2.76. The fourth-order valence-corrected chi connectivity index (χ4v) is 9.91. The van der Waals surface area contributed by atoms with Crippen molar-refractivity contribution in [3.8, 4) is 5.75 Å². The quantitative estimate of drug-likeness (QED) is 0.404. The number of carbonyl (C=O) groups excluding carboxylic acids is 5. The largest absolute Gasteiger partial charge is 0.507 e. The van der Waals surface area contributed by atoms with E-state index in [4.69, 9.17) is 0 Å². The van der Waals surface area contributed by atoms with Crippen LogP contribution in [0, 0.1) is 39.9 Å². The maximum Gasteiger partial charge on any atom is 0.190 e. The molecule has 3 saturated carbocycles. The topological polar surface area (TPSA) is 126 Å². The molecule has 1 aromatic carbocycles. The molecule has 6 atom stereocenters. The van der Waals surface area contributed by atoms with Gasteiger partial charge in [-0.05, 0) is 84.8 Å². The van der Waals surface area contributed by atoms with E-state index in [0.717, 1.165) is 31.7 Å². The molecule has 3 unspecified atom stereocenters. The summed E-state index contributed by atoms with van der Waals surface area (Å²) in [6.45, 7) is 14.5. The zero-order valence-electron chi connectivity index (χ0n) is 27.1. The number of Topliss-reactive ketones (excluding diaryl/α,β-unsaturated/α-hetero) is 5. The highest BCUT2D eigenvalue weighted by atomic mass is 16.3. The van der Waals surface area contributed by atoms with Crippen LogP contribution >= 0.6 is 0 Å². The molecule has 1 aromatic rings. The minimum atomic E-state index is -2.67. The molecular formula is C36H48O7. The van der Waals surface area contributed by atoms with Crippen molar-refractivity contribution in [2.75, 3.05) is 0 Å². The molecule has 3 fully saturated rings. The van der Waals surface area contributed by atoms with Crippen LogP contribution in [-0.2, 0) is 32.0 Å². The number of hydrogen-bond donors (Lipinski definition) is 2. The SMILES string of the molecule is CC(=O)C1C(=O)C(C(C)C)[C@@]2(C)C[C@@]3(C)Cc4c(C(C)C)cc(CCC5(C)CCCC5)c(O)c4C(=O)C3C(=O)[C@@]2(O)C1=O. The van der Waals surface area contributed by atoms with E-state index in [-0.39, 0.29) is 35.0 Å². The Morgan fingerprint density at radius 1 is 1.00 bits per heavy atom. The lowest BCUT2D eigenvalue weighted by atomic mass is 9.39. The highest BCUT2D eigenvalue weighted by Gasteiger charge is 2.76. The van der Waals surface area contributed by atoms with Gasteiger partial charge in [-0.2, -0.15) is 0 Å². The molecule has 0 spiro atoms. The molecular weight excluding hydrogens is 544 g/mol. The number of benzene rings is 1. The summed E-state index contributed by atoms with van der Waals surface area (Å²) in [4.78, 5) is 69.2. The van der Waals surface area contributed by atoms with E-state index >= 15 is 0 Å². The molecule has 0 bridgehead atoms. The predicted octanol–water partition coefficient (Wildman–Crippen LogP) is 5.73. The highest BCUT2D eigenvalue weighted by molar-refractivity contribution is 6.32. The molecule has 4 aliphatic rings. The Hall–Kier alpha value is -2.67. The third-order valence-corrected chi connectivity index (χ3v) is 11.9. The number of phenols is 1. The molecule has 4 aliphatic carbocycles. The maximum atomic E-state index is 14.6. The average molecular weight is 593 g/mol. The van der Waals surface area contributed by atoms with Gasteiger partial charge in [0.15, 0.2) is 28.7 Å². The van der Waals surface area contributed by atoms with Crippen LogP contribution in [0.3, 0.4) is 0 Å². The first-order chi connectivity index (χ1) is 19.8. The van der Waals surface area contributed by atoms with Gasteiger partial charge in [0.2, 0.25) is 0 Å². The van der Waals surface area contributed by atoms with Crippen molar-refractivity contribution < 1.29 is 34.2 Å². The first-order valence-electron chi connectivity index (χ1n) is 16.1. The molecule has 0 saturated heterocycles. The van der Waals surface area contributed by atoms with Crippen molar-refractivity contribution in [2.45, 2.75) is 118 Å². The van der Waals surface area contributed by atoms with Crippen molar-refractivity contribution in [1.82, 2.24) is 0 Å². The first-order valence-corrected chi connectivity index (χ1v) is 16.1. The van der Waals surface area contributed by atoms with E-state index in [9.17, 15) is 34.2 Å². The molecule has 0 radical (unpaired) electrons. The van der Waals surface area contributed by atoms with Gasteiger partial charge in [0.1, 0.15) is 17.5 Å². The summed E-state index contributed by atoms with van der Waals surface area (Å²) in [5, 5.41) is 23.9. The monoisotopic (exact) mass is 592 g/mol. The third kappa shape index (κ3) is 4.34. The van der Waals surface area contributed by atoms with Gasteiger partial charge in [-0.1, -0.05) is 67.4 Å². The Labute approximate surface area is 255 Å². The third-order valence-electron chi connectivity index (χ3n) is 11.9. The van der Waals surface area contributed by atoms with Gasteiger partial charge in [-0.3, -0.25) is 24.0 Å². The van der Waals surface area contributed by atoms with Crippen LogP contribution in [0.2, 0.25) is 0 Å². The normalized spacial score (nSPS) is 35.3. The smallest absolute Gasteiger partial charge is 0.190 e. The van der Waals surface area contributed by atoms with Crippen molar-refractivity contribution in [3.05, 3.63) is 28.3 Å². The second-order valence-corrected chi connectivity index (χ2v) is 15.8. The van der Waals surface area contributed by atoms with Crippen molar-refractivity contribution >= 4 is 28.9 Å². The van der Waals surface area contributed by atoms with Crippen LogP contribution in [0.5, 0.6) is 5.75 Å². The summed E-state index contributed by atoms with van der Waals surface area (Å²) in [5.41, 5.74) is -2.50. The van der Waals surface area contributed by atoms with E-state index in [1.54, 1.807) is 20.8 Å². The Morgan fingerprint density at radius 2 is 1.60 bits per heavy atom. The van der Waals surface area contributed by atoms with Crippen LogP contribution in [0.15, 0.2) is 6.07 Å². The molecule has 7 heteroatoms. The summed E-state index contributed by atoms with van der Waals surface area (Å²) >= 11 is 0. The Bertz CT molecular complexity index is 1430. The Morgan fingerprint density at radius 3 is 2.14 bits per heavy atom. The number of rotatable bonds is 6. The molecule has 0 heterocycles. The van der Waals surface area contributed by atoms with Gasteiger partial charge in [-0.15, -0.1) is 0 Å². The average Bonchev–Trinajstić information content (AvgIpc) is 3.31. The van der Waals surface area contributed by atoms with Gasteiger partial charge >= 0.3 is 0 Å². The van der Waals surface area contributed by atoms with Gasteiger partial charge in [0, 0.05) is 11.3 Å². The minimum Gasteiger partial charge on any atom is -0.507 e. The van der Waals surface area contributed by atoms with E-state index < -0.39 is 63.1 Å². The lowest BCUT2D eigenvalue weighted by molar-refractivity contribution is -0.205. The summed E-state index contributed by atoms with van der Waals surface area (Å²) in [7, 11) is 0. The molecule has 2 N–H and O–H groups in total. The number of aromatic hydroxyl groups is 1. The number of hydrogen-bond acceptors (Lipinski definition) is 7. The van der Waals surface area contributed by atoms with Crippen LogP contribution in [0.4, 0.5) is 0 Å².